The van der Waals surface area contributed by atoms with Crippen LogP contribution >= 0.6 is 0 Å². The van der Waals surface area contributed by atoms with Gasteiger partial charge in [-0.25, -0.2) is 13.4 Å². The van der Waals surface area contributed by atoms with Crippen LogP contribution in [-0.4, -0.2) is 59.7 Å². The van der Waals surface area contributed by atoms with Crippen LogP contribution in [-0.2, 0) is 26.7 Å². The summed E-state index contributed by atoms with van der Waals surface area (Å²) in [6.45, 7) is 0.492. The van der Waals surface area contributed by atoms with Gasteiger partial charge in [0.2, 0.25) is 0 Å². The first-order chi connectivity index (χ1) is 14.3. The quantitative estimate of drug-likeness (QED) is 0.762. The Hall–Kier alpha value is -2.92. The molecule has 1 aromatic heterocycles. The van der Waals surface area contributed by atoms with E-state index in [9.17, 15) is 13.2 Å². The van der Waals surface area contributed by atoms with Crippen molar-refractivity contribution in [1.82, 2.24) is 13.9 Å². The van der Waals surface area contributed by atoms with Gasteiger partial charge in [0.1, 0.15) is 11.5 Å². The van der Waals surface area contributed by atoms with E-state index in [1.165, 1.54) is 16.8 Å². The van der Waals surface area contributed by atoms with Gasteiger partial charge in [0.15, 0.2) is 10.6 Å². The van der Waals surface area contributed by atoms with Gasteiger partial charge in [0, 0.05) is 31.9 Å². The number of oxime groups is 1. The Labute approximate surface area is 174 Å². The summed E-state index contributed by atoms with van der Waals surface area (Å²) in [5.74, 6) is 0.312. The zero-order chi connectivity index (χ0) is 21.4. The SMILES string of the molecule is COc1ccc(NC(=O)C2=NOC3(CCCN(S(=O)(=O)c4cn(C)cn4)C3)C2)cc1. The summed E-state index contributed by atoms with van der Waals surface area (Å²) < 4.78 is 33.9. The number of nitrogens with one attached hydrogen (secondary N) is 1. The highest BCUT2D eigenvalue weighted by Crippen LogP contribution is 2.35. The number of rotatable bonds is 5. The van der Waals surface area contributed by atoms with E-state index in [1.54, 1.807) is 43.0 Å². The van der Waals surface area contributed by atoms with Crippen LogP contribution in [0.4, 0.5) is 5.69 Å². The Morgan fingerprint density at radius 3 is 2.73 bits per heavy atom. The molecule has 10 nitrogen and oxygen atoms in total. The van der Waals surface area contributed by atoms with Crippen molar-refractivity contribution < 1.29 is 22.8 Å². The number of hydrogen-bond acceptors (Lipinski definition) is 7. The molecule has 1 aromatic carbocycles. The van der Waals surface area contributed by atoms with E-state index < -0.39 is 15.6 Å². The Morgan fingerprint density at radius 1 is 1.30 bits per heavy atom. The third-order valence-corrected chi connectivity index (χ3v) is 6.97. The number of aryl methyl sites for hydroxylation is 1. The molecule has 1 atom stereocenters. The van der Waals surface area contributed by atoms with Crippen LogP contribution in [0.5, 0.6) is 5.75 Å². The normalized spacial score (nSPS) is 21.9. The Kier molecular flexibility index (Phi) is 5.24. The van der Waals surface area contributed by atoms with Gasteiger partial charge in [-0.3, -0.25) is 4.79 Å². The van der Waals surface area contributed by atoms with E-state index in [-0.39, 0.29) is 29.6 Å². The summed E-state index contributed by atoms with van der Waals surface area (Å²) >= 11 is 0. The number of piperidine rings is 1. The van der Waals surface area contributed by atoms with Crippen molar-refractivity contribution in [3.63, 3.8) is 0 Å². The van der Waals surface area contributed by atoms with Gasteiger partial charge >= 0.3 is 0 Å². The van der Waals surface area contributed by atoms with Crippen LogP contribution in [0.25, 0.3) is 0 Å². The maximum absolute atomic E-state index is 12.9. The first kappa shape index (κ1) is 20.4. The van der Waals surface area contributed by atoms with Gasteiger partial charge in [-0.2, -0.15) is 4.31 Å². The predicted molar refractivity (Wildman–Crippen MR) is 109 cm³/mol. The molecule has 1 saturated heterocycles. The molecule has 4 rings (SSSR count). The fraction of sp³-hybridized carbons (Fsp3) is 0.421. The summed E-state index contributed by atoms with van der Waals surface area (Å²) in [4.78, 5) is 22.2. The van der Waals surface area contributed by atoms with Crippen molar-refractivity contribution >= 4 is 27.3 Å². The molecule has 2 aliphatic rings. The summed E-state index contributed by atoms with van der Waals surface area (Å²) in [5, 5.41) is 6.75. The lowest BCUT2D eigenvalue weighted by Gasteiger charge is -2.36. The molecular weight excluding hydrogens is 410 g/mol. The molecule has 2 aromatic rings. The molecule has 1 unspecified atom stereocenters. The highest BCUT2D eigenvalue weighted by molar-refractivity contribution is 7.89. The minimum Gasteiger partial charge on any atom is -0.497 e. The minimum absolute atomic E-state index is 0.00145. The maximum atomic E-state index is 12.9. The van der Waals surface area contributed by atoms with Crippen LogP contribution in [0.2, 0.25) is 0 Å². The van der Waals surface area contributed by atoms with Crippen LogP contribution in [0, 0.1) is 0 Å². The number of hydrogen-bond donors (Lipinski definition) is 1. The molecular formula is C19H23N5O5S. The van der Waals surface area contributed by atoms with Gasteiger partial charge < -0.3 is 19.5 Å². The number of nitrogens with zero attached hydrogens (tertiary/aromatic N) is 4. The number of carbonyl (C=O) groups excluding carboxylic acids is 1. The molecule has 0 bridgehead atoms. The van der Waals surface area contributed by atoms with E-state index in [2.05, 4.69) is 15.5 Å². The number of anilines is 1. The second-order valence-electron chi connectivity index (χ2n) is 7.49. The predicted octanol–water partition coefficient (Wildman–Crippen LogP) is 1.37. The lowest BCUT2D eigenvalue weighted by Crippen LogP contribution is -2.50. The molecule has 0 aliphatic carbocycles. The molecule has 30 heavy (non-hydrogen) atoms. The van der Waals surface area contributed by atoms with Crippen LogP contribution in [0.1, 0.15) is 19.3 Å². The number of ether oxygens (including phenoxy) is 1. The van der Waals surface area contributed by atoms with E-state index in [4.69, 9.17) is 9.57 Å². The molecule has 0 radical (unpaired) electrons. The molecule has 1 spiro atoms. The Bertz CT molecular complexity index is 1080. The van der Waals surface area contributed by atoms with Crippen molar-refractivity contribution in [3.05, 3.63) is 36.8 Å². The summed E-state index contributed by atoms with van der Waals surface area (Å²) in [5.41, 5.74) is 0.00233. The number of aromatic nitrogens is 2. The lowest BCUT2D eigenvalue weighted by molar-refractivity contribution is -0.110. The average Bonchev–Trinajstić information content (AvgIpc) is 3.36. The van der Waals surface area contributed by atoms with Crippen LogP contribution in [0.3, 0.4) is 0 Å². The third kappa shape index (κ3) is 3.90. The topological polar surface area (TPSA) is 115 Å². The van der Waals surface area contributed by atoms with Crippen molar-refractivity contribution in [2.45, 2.75) is 29.9 Å². The number of carbonyl (C=O) groups is 1. The zero-order valence-electron chi connectivity index (χ0n) is 16.7. The van der Waals surface area contributed by atoms with Crippen molar-refractivity contribution in [3.8, 4) is 5.75 Å². The first-order valence-electron chi connectivity index (χ1n) is 9.50. The van der Waals surface area contributed by atoms with E-state index in [1.807, 2.05) is 0 Å². The summed E-state index contributed by atoms with van der Waals surface area (Å²) in [6.07, 6.45) is 4.38. The molecule has 1 amide bonds. The first-order valence-corrected chi connectivity index (χ1v) is 10.9. The molecule has 3 heterocycles. The van der Waals surface area contributed by atoms with Gasteiger partial charge in [0.05, 0.1) is 20.0 Å². The van der Waals surface area contributed by atoms with E-state index in [0.717, 1.165) is 0 Å². The average molecular weight is 433 g/mol. The number of amides is 1. The molecule has 1 N–H and O–H groups in total. The van der Waals surface area contributed by atoms with Gasteiger partial charge in [-0.15, -0.1) is 0 Å². The van der Waals surface area contributed by atoms with Crippen molar-refractivity contribution in [2.24, 2.45) is 12.2 Å². The largest absolute Gasteiger partial charge is 0.497 e. The number of methoxy groups -OCH3 is 1. The van der Waals surface area contributed by atoms with Crippen LogP contribution < -0.4 is 10.1 Å². The van der Waals surface area contributed by atoms with Crippen molar-refractivity contribution in [1.29, 1.82) is 0 Å². The third-order valence-electron chi connectivity index (χ3n) is 5.24. The molecule has 0 saturated carbocycles. The minimum atomic E-state index is -3.74. The maximum Gasteiger partial charge on any atom is 0.273 e. The van der Waals surface area contributed by atoms with Crippen LogP contribution in [0.15, 0.2) is 47.0 Å². The number of benzene rings is 1. The van der Waals surface area contributed by atoms with Crippen molar-refractivity contribution in [2.75, 3.05) is 25.5 Å². The number of sulfonamides is 1. The second-order valence-corrected chi connectivity index (χ2v) is 9.38. The lowest BCUT2D eigenvalue weighted by atomic mass is 9.89. The zero-order valence-corrected chi connectivity index (χ0v) is 17.6. The second kappa shape index (κ2) is 7.73. The van der Waals surface area contributed by atoms with Gasteiger partial charge in [-0.1, -0.05) is 5.16 Å². The molecule has 160 valence electrons. The highest BCUT2D eigenvalue weighted by atomic mass is 32.2. The van der Waals surface area contributed by atoms with E-state index in [0.29, 0.717) is 30.8 Å². The highest BCUT2D eigenvalue weighted by Gasteiger charge is 2.47. The standard InChI is InChI=1S/C19H23N5O5S/c1-23-11-17(20-13-23)30(26,27)24-9-3-8-19(12-24)10-16(22-29-19)18(25)21-14-4-6-15(28-2)7-5-14/h4-7,11,13H,3,8-10,12H2,1-2H3,(H,21,25). The number of imidazole rings is 1. The smallest absolute Gasteiger partial charge is 0.273 e. The van der Waals surface area contributed by atoms with E-state index >= 15 is 0 Å². The molecule has 2 aliphatic heterocycles. The monoisotopic (exact) mass is 433 g/mol. The van der Waals surface area contributed by atoms with Gasteiger partial charge in [-0.05, 0) is 37.1 Å². The molecule has 11 heteroatoms. The summed E-state index contributed by atoms with van der Waals surface area (Å²) in [7, 11) is -0.457. The fourth-order valence-electron chi connectivity index (χ4n) is 3.66. The fourth-order valence-corrected chi connectivity index (χ4v) is 5.18. The Balaban J connectivity index is 1.43. The Morgan fingerprint density at radius 2 is 2.07 bits per heavy atom. The van der Waals surface area contributed by atoms with Gasteiger partial charge in [0.25, 0.3) is 15.9 Å². The molecule has 1 fully saturated rings. The summed E-state index contributed by atoms with van der Waals surface area (Å²) in [6, 6.07) is 6.94.